The number of nitrogens with one attached hydrogen (secondary N) is 2. The van der Waals surface area contributed by atoms with Crippen molar-refractivity contribution in [3.05, 3.63) is 65.2 Å². The van der Waals surface area contributed by atoms with Crippen LogP contribution in [-0.2, 0) is 6.54 Å². The number of hydrogen-bond acceptors (Lipinski definition) is 4. The second-order valence-electron chi connectivity index (χ2n) is 4.80. The van der Waals surface area contributed by atoms with Gasteiger partial charge in [0.2, 0.25) is 0 Å². The van der Waals surface area contributed by atoms with Crippen LogP contribution in [0.4, 0.5) is 14.9 Å². The largest absolute Gasteiger partial charge is 0.330 e. The van der Waals surface area contributed by atoms with Crippen LogP contribution >= 0.6 is 11.6 Å². The molecule has 2 amide bonds. The second-order valence-corrected chi connectivity index (χ2v) is 5.23. The lowest BCUT2D eigenvalue weighted by Gasteiger charge is -2.08. The van der Waals surface area contributed by atoms with Gasteiger partial charge in [0.05, 0.1) is 12.2 Å². The Hall–Kier alpha value is -3.00. The third-order valence-corrected chi connectivity index (χ3v) is 3.37. The highest BCUT2D eigenvalue weighted by Crippen LogP contribution is 2.13. The molecule has 1 heterocycles. The molecule has 3 rings (SSSR count). The molecule has 0 radical (unpaired) electrons. The Kier molecular flexibility index (Phi) is 4.66. The topological polar surface area (TPSA) is 84.7 Å². The van der Waals surface area contributed by atoms with Crippen LogP contribution in [0, 0.1) is 5.82 Å². The number of aromatic nitrogens is 4. The van der Waals surface area contributed by atoms with Crippen LogP contribution in [0.1, 0.15) is 5.82 Å². The molecule has 7 nitrogen and oxygen atoms in total. The van der Waals surface area contributed by atoms with Crippen molar-refractivity contribution in [1.82, 2.24) is 25.5 Å². The number of rotatable bonds is 4. The zero-order valence-corrected chi connectivity index (χ0v) is 13.0. The fourth-order valence-electron chi connectivity index (χ4n) is 1.97. The Bertz CT molecular complexity index is 834. The molecule has 0 saturated carbocycles. The molecule has 0 atom stereocenters. The lowest BCUT2D eigenvalue weighted by Crippen LogP contribution is -2.29. The quantitative estimate of drug-likeness (QED) is 0.760. The molecule has 9 heteroatoms. The number of halogens is 2. The number of hydrogen-bond donors (Lipinski definition) is 2. The van der Waals surface area contributed by atoms with Gasteiger partial charge in [0, 0.05) is 10.7 Å². The van der Waals surface area contributed by atoms with E-state index in [1.165, 1.54) is 16.8 Å². The van der Waals surface area contributed by atoms with Gasteiger partial charge in [0.25, 0.3) is 0 Å². The maximum absolute atomic E-state index is 13.0. The maximum atomic E-state index is 13.0. The lowest BCUT2D eigenvalue weighted by molar-refractivity contribution is 0.251. The van der Waals surface area contributed by atoms with E-state index in [0.717, 1.165) is 0 Å². The van der Waals surface area contributed by atoms with E-state index in [9.17, 15) is 9.18 Å². The summed E-state index contributed by atoms with van der Waals surface area (Å²) in [4.78, 5) is 11.9. The Morgan fingerprint density at radius 1 is 1.12 bits per heavy atom. The summed E-state index contributed by atoms with van der Waals surface area (Å²) in [5.74, 6) is 0.0571. The van der Waals surface area contributed by atoms with Crippen LogP contribution < -0.4 is 10.6 Å². The monoisotopic (exact) mass is 346 g/mol. The number of benzene rings is 2. The maximum Gasteiger partial charge on any atom is 0.319 e. The number of carbonyl (C=O) groups is 1. The van der Waals surface area contributed by atoms with Crippen LogP contribution in [0.5, 0.6) is 0 Å². The van der Waals surface area contributed by atoms with Gasteiger partial charge in [0.15, 0.2) is 5.82 Å². The van der Waals surface area contributed by atoms with Gasteiger partial charge in [-0.1, -0.05) is 11.6 Å². The van der Waals surface area contributed by atoms with Crippen LogP contribution in [0.3, 0.4) is 0 Å². The van der Waals surface area contributed by atoms with Gasteiger partial charge < -0.3 is 10.6 Å². The molecule has 122 valence electrons. The predicted molar refractivity (Wildman–Crippen MR) is 86.4 cm³/mol. The number of anilines is 1. The number of amides is 2. The van der Waals surface area contributed by atoms with Gasteiger partial charge >= 0.3 is 6.03 Å². The molecule has 0 aliphatic carbocycles. The summed E-state index contributed by atoms with van der Waals surface area (Å²) in [6.07, 6.45) is 0. The molecular weight excluding hydrogens is 335 g/mol. The molecule has 0 fully saturated rings. The summed E-state index contributed by atoms with van der Waals surface area (Å²) >= 11 is 5.79. The Morgan fingerprint density at radius 2 is 1.83 bits per heavy atom. The molecule has 24 heavy (non-hydrogen) atoms. The SMILES string of the molecule is O=C(NCc1nnnn1-c1ccc(F)cc1)Nc1ccc(Cl)cc1. The van der Waals surface area contributed by atoms with Crippen molar-refractivity contribution >= 4 is 23.3 Å². The highest BCUT2D eigenvalue weighted by Gasteiger charge is 2.10. The minimum Gasteiger partial charge on any atom is -0.330 e. The van der Waals surface area contributed by atoms with Crippen molar-refractivity contribution in [1.29, 1.82) is 0 Å². The van der Waals surface area contributed by atoms with Crippen molar-refractivity contribution in [3.63, 3.8) is 0 Å². The molecule has 0 saturated heterocycles. The highest BCUT2D eigenvalue weighted by atomic mass is 35.5. The average Bonchev–Trinajstić information content (AvgIpc) is 3.04. The summed E-state index contributed by atoms with van der Waals surface area (Å²) in [5.41, 5.74) is 1.20. The van der Waals surface area contributed by atoms with E-state index in [4.69, 9.17) is 11.6 Å². The van der Waals surface area contributed by atoms with E-state index >= 15 is 0 Å². The molecule has 0 spiro atoms. The molecule has 2 N–H and O–H groups in total. The number of urea groups is 1. The third kappa shape index (κ3) is 3.85. The van der Waals surface area contributed by atoms with Gasteiger partial charge in [0.1, 0.15) is 5.82 Å². The molecule has 3 aromatic rings. The van der Waals surface area contributed by atoms with E-state index in [0.29, 0.717) is 22.2 Å². The van der Waals surface area contributed by atoms with E-state index in [2.05, 4.69) is 26.2 Å². The first-order chi connectivity index (χ1) is 11.6. The molecule has 1 aromatic heterocycles. The fraction of sp³-hybridized carbons (Fsp3) is 0.0667. The number of carbonyl (C=O) groups excluding carboxylic acids is 1. The van der Waals surface area contributed by atoms with Crippen molar-refractivity contribution < 1.29 is 9.18 Å². The Balaban J connectivity index is 1.63. The molecule has 0 aliphatic rings. The van der Waals surface area contributed by atoms with Crippen molar-refractivity contribution in [2.75, 3.05) is 5.32 Å². The number of nitrogens with zero attached hydrogens (tertiary/aromatic N) is 4. The van der Waals surface area contributed by atoms with Crippen molar-refractivity contribution in [2.45, 2.75) is 6.54 Å². The Morgan fingerprint density at radius 3 is 2.54 bits per heavy atom. The van der Waals surface area contributed by atoms with Gasteiger partial charge in [-0.15, -0.1) is 5.10 Å². The minimum absolute atomic E-state index is 0.101. The van der Waals surface area contributed by atoms with Crippen molar-refractivity contribution in [2.24, 2.45) is 0 Å². The summed E-state index contributed by atoms with van der Waals surface area (Å²) < 4.78 is 14.4. The molecule has 0 aliphatic heterocycles. The molecule has 0 bridgehead atoms. The van der Waals surface area contributed by atoms with Crippen LogP contribution in [0.25, 0.3) is 5.69 Å². The smallest absolute Gasteiger partial charge is 0.319 e. The first kappa shape index (κ1) is 15.9. The highest BCUT2D eigenvalue weighted by molar-refractivity contribution is 6.30. The Labute approximate surface area is 141 Å². The van der Waals surface area contributed by atoms with Crippen LogP contribution in [-0.4, -0.2) is 26.2 Å². The zero-order chi connectivity index (χ0) is 16.9. The minimum atomic E-state index is -0.411. The summed E-state index contributed by atoms with van der Waals surface area (Å²) in [7, 11) is 0. The summed E-state index contributed by atoms with van der Waals surface area (Å²) in [6.45, 7) is 0.101. The van der Waals surface area contributed by atoms with Crippen LogP contribution in [0.15, 0.2) is 48.5 Å². The van der Waals surface area contributed by atoms with Gasteiger partial charge in [-0.3, -0.25) is 0 Å². The molecule has 2 aromatic carbocycles. The van der Waals surface area contributed by atoms with Gasteiger partial charge in [-0.25, -0.2) is 9.18 Å². The standard InChI is InChI=1S/C15H12ClFN6O/c16-10-1-5-12(6-2-10)19-15(24)18-9-14-20-21-22-23(14)13-7-3-11(17)4-8-13/h1-8H,9H2,(H2,18,19,24). The molecular formula is C15H12ClFN6O. The zero-order valence-electron chi connectivity index (χ0n) is 12.3. The van der Waals surface area contributed by atoms with Crippen molar-refractivity contribution in [3.8, 4) is 5.69 Å². The average molecular weight is 347 g/mol. The normalized spacial score (nSPS) is 10.4. The van der Waals surface area contributed by atoms with Gasteiger partial charge in [-0.2, -0.15) is 4.68 Å². The summed E-state index contributed by atoms with van der Waals surface area (Å²) in [6, 6.07) is 12.0. The van der Waals surface area contributed by atoms with Gasteiger partial charge in [-0.05, 0) is 59.0 Å². The van der Waals surface area contributed by atoms with E-state index in [1.54, 1.807) is 36.4 Å². The fourth-order valence-corrected chi connectivity index (χ4v) is 2.09. The van der Waals surface area contributed by atoms with E-state index < -0.39 is 6.03 Å². The third-order valence-electron chi connectivity index (χ3n) is 3.11. The van der Waals surface area contributed by atoms with E-state index in [-0.39, 0.29) is 12.4 Å². The first-order valence-electron chi connectivity index (χ1n) is 6.95. The molecule has 0 unspecified atom stereocenters. The van der Waals surface area contributed by atoms with Crippen LogP contribution in [0.2, 0.25) is 5.02 Å². The lowest BCUT2D eigenvalue weighted by atomic mass is 10.3. The summed E-state index contributed by atoms with van der Waals surface area (Å²) in [5, 5.41) is 17.2. The predicted octanol–water partition coefficient (Wildman–Crippen LogP) is 2.78. The first-order valence-corrected chi connectivity index (χ1v) is 7.33. The number of tetrazole rings is 1. The second kappa shape index (κ2) is 7.05. The van der Waals surface area contributed by atoms with E-state index in [1.807, 2.05) is 0 Å².